The average Bonchev–Trinajstić information content (AvgIpc) is 2.17. The monoisotopic (exact) mass is 260 g/mol. The Morgan fingerprint density at radius 1 is 1.43 bits per heavy atom. The molecule has 0 atom stereocenters. The molecule has 1 heterocycles. The molecule has 0 radical (unpaired) electrons. The van der Waals surface area contributed by atoms with Gasteiger partial charge in [-0.25, -0.2) is 5.90 Å². The highest BCUT2D eigenvalue weighted by atomic mass is 79.9. The second-order valence-corrected chi connectivity index (χ2v) is 4.18. The Balaban J connectivity index is 3.30. The lowest BCUT2D eigenvalue weighted by Gasteiger charge is -2.25. The second kappa shape index (κ2) is 4.25. The number of hydrogen-bond acceptors (Lipinski definition) is 4. The molecule has 14 heavy (non-hydrogen) atoms. The van der Waals surface area contributed by atoms with Crippen molar-refractivity contribution in [1.29, 1.82) is 0 Å². The van der Waals surface area contributed by atoms with Gasteiger partial charge < -0.3 is 4.74 Å². The van der Waals surface area contributed by atoms with Gasteiger partial charge in [0.05, 0.1) is 13.3 Å². The normalized spacial score (nSPS) is 11.5. The van der Waals surface area contributed by atoms with E-state index in [1.807, 2.05) is 13.8 Å². The van der Waals surface area contributed by atoms with Crippen molar-refractivity contribution in [3.05, 3.63) is 22.4 Å². The lowest BCUT2D eigenvalue weighted by molar-refractivity contribution is -0.0257. The highest BCUT2D eigenvalue weighted by Crippen LogP contribution is 2.36. The van der Waals surface area contributed by atoms with Crippen LogP contribution < -0.4 is 10.6 Å². The molecule has 0 bridgehead atoms. The number of halogens is 1. The number of nitrogens with zero attached hydrogens (tertiary/aromatic N) is 1. The third kappa shape index (κ3) is 2.05. The van der Waals surface area contributed by atoms with E-state index in [4.69, 9.17) is 15.5 Å². The summed E-state index contributed by atoms with van der Waals surface area (Å²) < 4.78 is 6.00. The van der Waals surface area contributed by atoms with Crippen molar-refractivity contribution in [3.8, 4) is 5.75 Å². The summed E-state index contributed by atoms with van der Waals surface area (Å²) in [5, 5.41) is 0. The molecule has 0 unspecified atom stereocenters. The lowest BCUT2D eigenvalue weighted by atomic mass is 9.99. The molecular weight excluding hydrogens is 248 g/mol. The molecule has 1 rings (SSSR count). The predicted molar refractivity (Wildman–Crippen MR) is 56.8 cm³/mol. The third-order valence-corrected chi connectivity index (χ3v) is 2.58. The fraction of sp³-hybridized carbons (Fsp3) is 0.444. The minimum absolute atomic E-state index is 0.618. The minimum atomic E-state index is -0.618. The highest BCUT2D eigenvalue weighted by molar-refractivity contribution is 9.10. The van der Waals surface area contributed by atoms with E-state index in [9.17, 15) is 0 Å². The van der Waals surface area contributed by atoms with Crippen molar-refractivity contribution in [1.82, 2.24) is 4.98 Å². The standard InChI is InChI=1S/C9H13BrN2O2/c1-9(2,14-11)8-6(10)4-12-5-7(8)13-3/h4-5H,11H2,1-3H3. The summed E-state index contributed by atoms with van der Waals surface area (Å²) >= 11 is 3.39. The SMILES string of the molecule is COc1cncc(Br)c1C(C)(C)ON. The summed E-state index contributed by atoms with van der Waals surface area (Å²) in [6.45, 7) is 3.71. The highest BCUT2D eigenvalue weighted by Gasteiger charge is 2.27. The number of pyridine rings is 1. The van der Waals surface area contributed by atoms with E-state index < -0.39 is 5.60 Å². The van der Waals surface area contributed by atoms with Gasteiger partial charge in [-0.3, -0.25) is 9.82 Å². The Morgan fingerprint density at radius 2 is 2.07 bits per heavy atom. The van der Waals surface area contributed by atoms with E-state index in [1.165, 1.54) is 0 Å². The Kier molecular flexibility index (Phi) is 3.47. The van der Waals surface area contributed by atoms with Crippen LogP contribution in [0.4, 0.5) is 0 Å². The quantitative estimate of drug-likeness (QED) is 0.845. The lowest BCUT2D eigenvalue weighted by Crippen LogP contribution is -2.26. The van der Waals surface area contributed by atoms with Gasteiger partial charge in [-0.05, 0) is 29.8 Å². The van der Waals surface area contributed by atoms with Crippen LogP contribution in [0.1, 0.15) is 19.4 Å². The van der Waals surface area contributed by atoms with Crippen LogP contribution in [0.5, 0.6) is 5.75 Å². The fourth-order valence-corrected chi connectivity index (χ4v) is 2.01. The molecule has 0 aliphatic rings. The number of rotatable bonds is 3. The van der Waals surface area contributed by atoms with Gasteiger partial charge in [-0.2, -0.15) is 0 Å². The van der Waals surface area contributed by atoms with E-state index in [2.05, 4.69) is 20.9 Å². The summed E-state index contributed by atoms with van der Waals surface area (Å²) in [5.41, 5.74) is 0.227. The molecular formula is C9H13BrN2O2. The van der Waals surface area contributed by atoms with E-state index in [0.717, 1.165) is 10.0 Å². The number of nitrogens with two attached hydrogens (primary N) is 1. The van der Waals surface area contributed by atoms with E-state index in [1.54, 1.807) is 19.5 Å². The molecule has 4 nitrogen and oxygen atoms in total. The molecule has 78 valence electrons. The topological polar surface area (TPSA) is 57.4 Å². The first kappa shape index (κ1) is 11.4. The summed E-state index contributed by atoms with van der Waals surface area (Å²) in [7, 11) is 1.58. The second-order valence-electron chi connectivity index (χ2n) is 3.33. The Morgan fingerprint density at radius 3 is 2.57 bits per heavy atom. The van der Waals surface area contributed by atoms with Crippen LogP contribution in [0.25, 0.3) is 0 Å². The summed E-state index contributed by atoms with van der Waals surface area (Å²) in [4.78, 5) is 8.90. The van der Waals surface area contributed by atoms with Crippen molar-refractivity contribution < 1.29 is 9.57 Å². The van der Waals surface area contributed by atoms with Gasteiger partial charge in [-0.15, -0.1) is 0 Å². The zero-order valence-corrected chi connectivity index (χ0v) is 9.96. The Hall–Kier alpha value is -0.650. The van der Waals surface area contributed by atoms with Gasteiger partial charge in [-0.1, -0.05) is 0 Å². The molecule has 0 fully saturated rings. The zero-order valence-electron chi connectivity index (χ0n) is 8.37. The molecule has 5 heteroatoms. The van der Waals surface area contributed by atoms with Gasteiger partial charge in [0.1, 0.15) is 11.4 Å². The van der Waals surface area contributed by atoms with Crippen LogP contribution in [0.2, 0.25) is 0 Å². The van der Waals surface area contributed by atoms with Crippen molar-refractivity contribution in [2.45, 2.75) is 19.4 Å². The maximum Gasteiger partial charge on any atom is 0.144 e. The predicted octanol–water partition coefficient (Wildman–Crippen LogP) is 1.98. The molecule has 1 aromatic rings. The largest absolute Gasteiger partial charge is 0.495 e. The van der Waals surface area contributed by atoms with Crippen LogP contribution >= 0.6 is 15.9 Å². The molecule has 1 aromatic heterocycles. The zero-order chi connectivity index (χ0) is 10.8. The van der Waals surface area contributed by atoms with Crippen LogP contribution in [0.3, 0.4) is 0 Å². The van der Waals surface area contributed by atoms with E-state index >= 15 is 0 Å². The molecule has 0 saturated carbocycles. The number of aromatic nitrogens is 1. The smallest absolute Gasteiger partial charge is 0.144 e. The van der Waals surface area contributed by atoms with E-state index in [-0.39, 0.29) is 0 Å². The Labute approximate surface area is 91.5 Å². The fourth-order valence-electron chi connectivity index (χ4n) is 1.22. The van der Waals surface area contributed by atoms with Gasteiger partial charge >= 0.3 is 0 Å². The molecule has 0 amide bonds. The molecule has 0 aliphatic heterocycles. The third-order valence-electron chi connectivity index (χ3n) is 1.98. The number of hydrogen-bond donors (Lipinski definition) is 1. The summed E-state index contributed by atoms with van der Waals surface area (Å²) in [5.74, 6) is 5.88. The van der Waals surface area contributed by atoms with Crippen molar-refractivity contribution in [3.63, 3.8) is 0 Å². The Bertz CT molecular complexity index is 329. The molecule has 0 saturated heterocycles. The molecule has 0 aliphatic carbocycles. The number of methoxy groups -OCH3 is 1. The summed E-state index contributed by atoms with van der Waals surface area (Å²) in [6.07, 6.45) is 3.31. The van der Waals surface area contributed by atoms with E-state index in [0.29, 0.717) is 5.75 Å². The van der Waals surface area contributed by atoms with Crippen LogP contribution in [-0.2, 0) is 10.4 Å². The van der Waals surface area contributed by atoms with Crippen LogP contribution in [0, 0.1) is 0 Å². The first-order valence-electron chi connectivity index (χ1n) is 4.08. The molecule has 0 spiro atoms. The first-order chi connectivity index (χ1) is 6.53. The number of ether oxygens (including phenoxy) is 1. The van der Waals surface area contributed by atoms with Gasteiger partial charge in [0.2, 0.25) is 0 Å². The maximum atomic E-state index is 5.23. The molecule has 0 aromatic carbocycles. The average molecular weight is 261 g/mol. The molecule has 2 N–H and O–H groups in total. The van der Waals surface area contributed by atoms with Gasteiger partial charge in [0.15, 0.2) is 0 Å². The minimum Gasteiger partial charge on any atom is -0.495 e. The van der Waals surface area contributed by atoms with Gasteiger partial charge in [0.25, 0.3) is 0 Å². The summed E-state index contributed by atoms with van der Waals surface area (Å²) in [6, 6.07) is 0. The van der Waals surface area contributed by atoms with Gasteiger partial charge in [0, 0.05) is 16.2 Å². The van der Waals surface area contributed by atoms with Crippen molar-refractivity contribution in [2.75, 3.05) is 7.11 Å². The first-order valence-corrected chi connectivity index (χ1v) is 4.88. The van der Waals surface area contributed by atoms with Crippen molar-refractivity contribution >= 4 is 15.9 Å². The van der Waals surface area contributed by atoms with Crippen LogP contribution in [0.15, 0.2) is 16.9 Å². The maximum absolute atomic E-state index is 5.23. The van der Waals surface area contributed by atoms with Crippen LogP contribution in [-0.4, -0.2) is 12.1 Å². The van der Waals surface area contributed by atoms with Crippen molar-refractivity contribution in [2.24, 2.45) is 5.90 Å².